The van der Waals surface area contributed by atoms with Crippen molar-refractivity contribution in [3.63, 3.8) is 0 Å². The number of benzene rings is 2. The number of pyridine rings is 1. The van der Waals surface area contributed by atoms with Gasteiger partial charge in [-0.15, -0.1) is 0 Å². The minimum atomic E-state index is -0.589. The first kappa shape index (κ1) is 25.4. The third kappa shape index (κ3) is 6.29. The minimum Gasteiger partial charge on any atom is -0.486 e. The molecule has 0 bridgehead atoms. The highest BCUT2D eigenvalue weighted by Crippen LogP contribution is 2.37. The summed E-state index contributed by atoms with van der Waals surface area (Å²) >= 11 is 0. The summed E-state index contributed by atoms with van der Waals surface area (Å²) in [5.74, 6) is -0.165. The van der Waals surface area contributed by atoms with Gasteiger partial charge in [-0.2, -0.15) is 0 Å². The second-order valence-electron chi connectivity index (χ2n) is 8.27. The normalized spacial score (nSPS) is 14.1. The SMILES string of the molecule is COC(=O)CC1CN(C(=O)c2ccccc2)c2cc(NC(=O)CCN(C=O)c3ccccn3)ccc2O1. The van der Waals surface area contributed by atoms with Crippen molar-refractivity contribution in [1.29, 1.82) is 0 Å². The van der Waals surface area contributed by atoms with E-state index in [1.54, 1.807) is 66.9 Å². The maximum atomic E-state index is 13.4. The van der Waals surface area contributed by atoms with Crippen LogP contribution in [0.1, 0.15) is 23.2 Å². The first-order chi connectivity index (χ1) is 18.0. The van der Waals surface area contributed by atoms with Crippen molar-refractivity contribution in [3.8, 4) is 5.75 Å². The van der Waals surface area contributed by atoms with Gasteiger partial charge in [-0.3, -0.25) is 24.1 Å². The molecule has 1 aliphatic rings. The van der Waals surface area contributed by atoms with Gasteiger partial charge >= 0.3 is 5.97 Å². The van der Waals surface area contributed by atoms with Crippen molar-refractivity contribution in [2.24, 2.45) is 0 Å². The van der Waals surface area contributed by atoms with E-state index in [-0.39, 0.29) is 37.7 Å². The maximum absolute atomic E-state index is 13.4. The molecule has 3 aromatic rings. The summed E-state index contributed by atoms with van der Waals surface area (Å²) in [5, 5.41) is 2.81. The van der Waals surface area contributed by atoms with Gasteiger partial charge in [0, 0.05) is 30.4 Å². The summed E-state index contributed by atoms with van der Waals surface area (Å²) < 4.78 is 10.7. The fourth-order valence-corrected chi connectivity index (χ4v) is 3.92. The number of esters is 1. The quantitative estimate of drug-likeness (QED) is 0.353. The fraction of sp³-hybridized carbons (Fsp3) is 0.222. The molecule has 0 saturated heterocycles. The topological polar surface area (TPSA) is 118 Å². The third-order valence-corrected chi connectivity index (χ3v) is 5.75. The largest absolute Gasteiger partial charge is 0.486 e. The zero-order valence-electron chi connectivity index (χ0n) is 20.2. The first-order valence-corrected chi connectivity index (χ1v) is 11.7. The molecule has 2 heterocycles. The van der Waals surface area contributed by atoms with Crippen LogP contribution in [0.4, 0.5) is 17.2 Å². The highest BCUT2D eigenvalue weighted by atomic mass is 16.5. The highest BCUT2D eigenvalue weighted by molar-refractivity contribution is 6.07. The Morgan fingerprint density at radius 1 is 1.14 bits per heavy atom. The molecule has 2 aromatic carbocycles. The van der Waals surface area contributed by atoms with Crippen LogP contribution in [0.15, 0.2) is 72.9 Å². The number of carbonyl (C=O) groups is 4. The van der Waals surface area contributed by atoms with Crippen LogP contribution in [0.3, 0.4) is 0 Å². The zero-order valence-corrected chi connectivity index (χ0v) is 20.2. The fourth-order valence-electron chi connectivity index (χ4n) is 3.92. The standard InChI is InChI=1S/C27H26N4O6/c1-36-26(34)16-21-17-31(27(35)19-7-3-2-4-8-19)22-15-20(10-11-23(22)37-21)29-25(33)12-14-30(18-32)24-9-5-6-13-28-24/h2-11,13,15,18,21H,12,14,16-17H2,1H3,(H,29,33). The number of anilines is 3. The first-order valence-electron chi connectivity index (χ1n) is 11.7. The predicted octanol–water partition coefficient (Wildman–Crippen LogP) is 3.04. The van der Waals surface area contributed by atoms with Crippen molar-refractivity contribution in [2.75, 3.05) is 35.3 Å². The molecular weight excluding hydrogens is 476 g/mol. The van der Waals surface area contributed by atoms with Crippen molar-refractivity contribution >= 4 is 41.4 Å². The van der Waals surface area contributed by atoms with Crippen LogP contribution >= 0.6 is 0 Å². The number of ether oxygens (including phenoxy) is 2. The summed E-state index contributed by atoms with van der Waals surface area (Å²) in [5.41, 5.74) is 1.40. The Labute approximate surface area is 213 Å². The number of hydrogen-bond donors (Lipinski definition) is 1. The van der Waals surface area contributed by atoms with Gasteiger partial charge in [0.15, 0.2) is 0 Å². The minimum absolute atomic E-state index is 0.0174. The third-order valence-electron chi connectivity index (χ3n) is 5.75. The number of fused-ring (bicyclic) bond motifs is 1. The van der Waals surface area contributed by atoms with E-state index in [1.807, 2.05) is 6.07 Å². The van der Waals surface area contributed by atoms with Crippen LogP contribution in [0.5, 0.6) is 5.75 Å². The van der Waals surface area contributed by atoms with Gasteiger partial charge in [0.1, 0.15) is 17.7 Å². The van der Waals surface area contributed by atoms with Crippen molar-refractivity contribution < 1.29 is 28.7 Å². The number of hydrogen-bond acceptors (Lipinski definition) is 7. The molecule has 0 fully saturated rings. The molecule has 10 heteroatoms. The van der Waals surface area contributed by atoms with E-state index < -0.39 is 12.1 Å². The van der Waals surface area contributed by atoms with Gasteiger partial charge in [0.2, 0.25) is 12.3 Å². The van der Waals surface area contributed by atoms with Crippen LogP contribution in [0.2, 0.25) is 0 Å². The van der Waals surface area contributed by atoms with Gasteiger partial charge in [0.25, 0.3) is 5.91 Å². The summed E-state index contributed by atoms with van der Waals surface area (Å²) in [4.78, 5) is 56.3. The molecule has 10 nitrogen and oxygen atoms in total. The molecule has 0 aliphatic carbocycles. The molecule has 0 saturated carbocycles. The summed E-state index contributed by atoms with van der Waals surface area (Å²) in [6.07, 6.45) is 1.63. The van der Waals surface area contributed by atoms with Crippen LogP contribution < -0.4 is 19.9 Å². The van der Waals surface area contributed by atoms with Gasteiger partial charge in [-0.25, -0.2) is 4.98 Å². The summed E-state index contributed by atoms with van der Waals surface area (Å²) in [6.45, 7) is 0.278. The van der Waals surface area contributed by atoms with Crippen LogP contribution in [0.25, 0.3) is 0 Å². The molecule has 1 N–H and O–H groups in total. The number of rotatable bonds is 9. The Bertz CT molecular complexity index is 1270. The Morgan fingerprint density at radius 3 is 2.62 bits per heavy atom. The molecule has 1 atom stereocenters. The van der Waals surface area contributed by atoms with Gasteiger partial charge in [0.05, 0.1) is 25.8 Å². The van der Waals surface area contributed by atoms with Crippen LogP contribution in [-0.2, 0) is 19.1 Å². The van der Waals surface area contributed by atoms with E-state index in [2.05, 4.69) is 10.3 Å². The zero-order chi connectivity index (χ0) is 26.2. The molecular formula is C27H26N4O6. The molecule has 0 radical (unpaired) electrons. The average molecular weight is 503 g/mol. The second-order valence-corrected chi connectivity index (χ2v) is 8.27. The van der Waals surface area contributed by atoms with E-state index in [0.717, 1.165) is 0 Å². The van der Waals surface area contributed by atoms with Crippen molar-refractivity contribution in [3.05, 3.63) is 78.5 Å². The lowest BCUT2D eigenvalue weighted by Gasteiger charge is -2.35. The summed E-state index contributed by atoms with van der Waals surface area (Å²) in [7, 11) is 1.30. The molecule has 0 spiro atoms. The lowest BCUT2D eigenvalue weighted by atomic mass is 10.1. The second kappa shape index (κ2) is 11.8. The van der Waals surface area contributed by atoms with Gasteiger partial charge in [-0.05, 0) is 42.5 Å². The highest BCUT2D eigenvalue weighted by Gasteiger charge is 2.32. The molecule has 4 rings (SSSR count). The monoisotopic (exact) mass is 502 g/mol. The van der Waals surface area contributed by atoms with Crippen LogP contribution in [-0.4, -0.2) is 55.5 Å². The van der Waals surface area contributed by atoms with E-state index in [9.17, 15) is 19.2 Å². The molecule has 37 heavy (non-hydrogen) atoms. The van der Waals surface area contributed by atoms with E-state index in [0.29, 0.717) is 34.9 Å². The number of carbonyl (C=O) groups excluding carboxylic acids is 4. The Hall–Kier alpha value is -4.73. The number of nitrogens with one attached hydrogen (secondary N) is 1. The van der Waals surface area contributed by atoms with E-state index in [4.69, 9.17) is 9.47 Å². The number of nitrogens with zero attached hydrogens (tertiary/aromatic N) is 3. The molecule has 1 unspecified atom stereocenters. The van der Waals surface area contributed by atoms with E-state index >= 15 is 0 Å². The number of aromatic nitrogens is 1. The smallest absolute Gasteiger partial charge is 0.309 e. The van der Waals surface area contributed by atoms with Crippen molar-refractivity contribution in [1.82, 2.24) is 4.98 Å². The lowest BCUT2D eigenvalue weighted by Crippen LogP contribution is -2.44. The number of amides is 3. The molecule has 3 amide bonds. The average Bonchev–Trinajstić information content (AvgIpc) is 2.93. The molecule has 1 aromatic heterocycles. The molecule has 1 aliphatic heterocycles. The van der Waals surface area contributed by atoms with Gasteiger partial charge in [-0.1, -0.05) is 24.3 Å². The predicted molar refractivity (Wildman–Crippen MR) is 137 cm³/mol. The Morgan fingerprint density at radius 2 is 1.92 bits per heavy atom. The maximum Gasteiger partial charge on any atom is 0.309 e. The Kier molecular flexibility index (Phi) is 8.09. The van der Waals surface area contributed by atoms with E-state index in [1.165, 1.54) is 16.9 Å². The van der Waals surface area contributed by atoms with Crippen LogP contribution in [0, 0.1) is 0 Å². The Balaban J connectivity index is 1.51. The number of methoxy groups -OCH3 is 1. The molecule has 190 valence electrons. The van der Waals surface area contributed by atoms with Crippen molar-refractivity contribution in [2.45, 2.75) is 18.9 Å². The summed E-state index contributed by atoms with van der Waals surface area (Å²) in [6, 6.07) is 18.9. The van der Waals surface area contributed by atoms with Gasteiger partial charge < -0.3 is 19.7 Å². The lowest BCUT2D eigenvalue weighted by molar-refractivity contribution is -0.142.